The topological polar surface area (TPSA) is 0 Å². The summed E-state index contributed by atoms with van der Waals surface area (Å²) >= 11 is 0. The van der Waals surface area contributed by atoms with E-state index in [-0.39, 0.29) is 0 Å². The van der Waals surface area contributed by atoms with Gasteiger partial charge in [-0.25, -0.2) is 0 Å². The van der Waals surface area contributed by atoms with Crippen molar-refractivity contribution in [3.63, 3.8) is 0 Å². The molecule has 0 spiro atoms. The maximum Gasteiger partial charge on any atom is 0.00428 e. The number of fused-ring (bicyclic) bond motifs is 4. The van der Waals surface area contributed by atoms with E-state index in [2.05, 4.69) is 133 Å². The molecule has 0 amide bonds. The molecule has 0 saturated carbocycles. The zero-order valence-corrected chi connectivity index (χ0v) is 23.9. The van der Waals surface area contributed by atoms with Crippen LogP contribution >= 0.6 is 7.92 Å². The smallest absolute Gasteiger partial charge is 0.00428 e. The average molecular weight is 531 g/mol. The van der Waals surface area contributed by atoms with E-state index in [4.69, 9.17) is 0 Å². The molecular weight excluding hydrogens is 499 g/mol. The molecule has 2 aliphatic carbocycles. The van der Waals surface area contributed by atoms with Gasteiger partial charge in [0.15, 0.2) is 0 Å². The van der Waals surface area contributed by atoms with Crippen molar-refractivity contribution in [2.75, 3.05) is 0 Å². The van der Waals surface area contributed by atoms with Gasteiger partial charge in [0.25, 0.3) is 0 Å². The van der Waals surface area contributed by atoms with E-state index >= 15 is 0 Å². The molecule has 0 heterocycles. The Hall–Kier alpha value is -4.21. The van der Waals surface area contributed by atoms with Gasteiger partial charge in [-0.15, -0.1) is 5.73 Å². The highest BCUT2D eigenvalue weighted by atomic mass is 31.1. The molecule has 1 atom stereocenters. The molecule has 0 aliphatic heterocycles. The van der Waals surface area contributed by atoms with Gasteiger partial charge >= 0.3 is 0 Å². The third kappa shape index (κ3) is 4.04. The van der Waals surface area contributed by atoms with Gasteiger partial charge in [-0.3, -0.25) is 0 Å². The van der Waals surface area contributed by atoms with E-state index in [1.54, 1.807) is 0 Å². The summed E-state index contributed by atoms with van der Waals surface area (Å²) in [5.41, 5.74) is 11.6. The van der Waals surface area contributed by atoms with Gasteiger partial charge in [-0.05, 0) is 111 Å². The molecule has 6 aromatic carbocycles. The minimum Gasteiger partial charge on any atom is -0.121 e. The second-order valence-electron chi connectivity index (χ2n) is 10.2. The molecule has 40 heavy (non-hydrogen) atoms. The van der Waals surface area contributed by atoms with Crippen molar-refractivity contribution in [1.29, 1.82) is 0 Å². The molecular formula is C39H31P. The number of rotatable bonds is 4. The first-order chi connectivity index (χ1) is 19.8. The van der Waals surface area contributed by atoms with E-state index in [0.717, 1.165) is 12.8 Å². The molecule has 2 aliphatic rings. The number of benzene rings is 6. The van der Waals surface area contributed by atoms with E-state index in [9.17, 15) is 0 Å². The fourth-order valence-electron chi connectivity index (χ4n) is 6.29. The minimum absolute atomic E-state index is 0.584. The molecule has 6 aromatic rings. The molecule has 192 valence electrons. The summed E-state index contributed by atoms with van der Waals surface area (Å²) in [6.45, 7) is 4.00. The second kappa shape index (κ2) is 10.4. The van der Waals surface area contributed by atoms with Crippen LogP contribution < -0.4 is 10.6 Å². The van der Waals surface area contributed by atoms with E-state index in [1.807, 2.05) is 13.8 Å². The number of allylic oxidation sites excluding steroid dienone is 1. The lowest BCUT2D eigenvalue weighted by molar-refractivity contribution is 1.07. The molecule has 0 N–H and O–H groups in total. The Morgan fingerprint density at radius 2 is 1.20 bits per heavy atom. The SMILES string of the molecule is C1=CCCC=1P(c1ccccc1)c1cccc(-c2ccc3c4c(cccc24)-c2cc4ccccc4cc2-3)c1.CC. The second-order valence-corrected chi connectivity index (χ2v) is 12.4. The highest BCUT2D eigenvalue weighted by molar-refractivity contribution is 7.76. The van der Waals surface area contributed by atoms with Crippen LogP contribution in [0.3, 0.4) is 0 Å². The van der Waals surface area contributed by atoms with Gasteiger partial charge in [-0.2, -0.15) is 0 Å². The van der Waals surface area contributed by atoms with Gasteiger partial charge < -0.3 is 0 Å². The molecule has 0 radical (unpaired) electrons. The van der Waals surface area contributed by atoms with E-state index in [1.165, 1.54) is 70.8 Å². The monoisotopic (exact) mass is 530 g/mol. The summed E-state index contributed by atoms with van der Waals surface area (Å²) in [7, 11) is -0.584. The minimum atomic E-state index is -0.584. The fourth-order valence-corrected chi connectivity index (χ4v) is 8.76. The van der Waals surface area contributed by atoms with Crippen molar-refractivity contribution in [1.82, 2.24) is 0 Å². The third-order valence-corrected chi connectivity index (χ3v) is 10.5. The first kappa shape index (κ1) is 24.8. The highest BCUT2D eigenvalue weighted by Crippen LogP contribution is 2.51. The van der Waals surface area contributed by atoms with Crippen molar-refractivity contribution < 1.29 is 0 Å². The van der Waals surface area contributed by atoms with Crippen LogP contribution in [0, 0.1) is 0 Å². The van der Waals surface area contributed by atoms with Crippen LogP contribution in [0.15, 0.2) is 138 Å². The molecule has 0 aromatic heterocycles. The van der Waals surface area contributed by atoms with Crippen LogP contribution in [0.4, 0.5) is 0 Å². The maximum atomic E-state index is 3.61. The van der Waals surface area contributed by atoms with Crippen molar-refractivity contribution >= 4 is 40.1 Å². The van der Waals surface area contributed by atoms with Crippen LogP contribution in [0.5, 0.6) is 0 Å². The van der Waals surface area contributed by atoms with Crippen LogP contribution in [0.2, 0.25) is 0 Å². The van der Waals surface area contributed by atoms with Gasteiger partial charge in [0, 0.05) is 5.31 Å². The van der Waals surface area contributed by atoms with Gasteiger partial charge in [0.1, 0.15) is 0 Å². The van der Waals surface area contributed by atoms with Gasteiger partial charge in [0.05, 0.1) is 0 Å². The summed E-state index contributed by atoms with van der Waals surface area (Å²) in [6.07, 6.45) is 4.42. The molecule has 0 bridgehead atoms. The predicted octanol–water partition coefficient (Wildman–Crippen LogP) is 10.6. The van der Waals surface area contributed by atoms with E-state index < -0.39 is 7.92 Å². The molecule has 0 saturated heterocycles. The van der Waals surface area contributed by atoms with E-state index in [0.29, 0.717) is 0 Å². The zero-order chi connectivity index (χ0) is 27.1. The standard InChI is InChI=1S/C37H25P.C2H6/c1-2-13-28(14-3-1)38(29-15-6-7-16-29)30-17-8-12-27(22-30)31-20-21-34-36-24-26-11-5-4-10-25(26)23-35(36)33-19-9-18-32(31)37(33)34;1-2/h1-6,8-14,17-24H,7,16H2;1-2H3. The Morgan fingerprint density at radius 3 is 1.93 bits per heavy atom. The zero-order valence-electron chi connectivity index (χ0n) is 23.0. The first-order valence-electron chi connectivity index (χ1n) is 14.3. The van der Waals surface area contributed by atoms with Crippen molar-refractivity contribution in [3.8, 4) is 33.4 Å². The summed E-state index contributed by atoms with van der Waals surface area (Å²) in [4.78, 5) is 0. The Morgan fingerprint density at radius 1 is 0.550 bits per heavy atom. The predicted molar refractivity (Wildman–Crippen MR) is 176 cm³/mol. The Labute approximate surface area is 238 Å². The number of hydrogen-bond acceptors (Lipinski definition) is 0. The molecule has 0 nitrogen and oxygen atoms in total. The summed E-state index contributed by atoms with van der Waals surface area (Å²) in [6, 6.07) is 45.2. The summed E-state index contributed by atoms with van der Waals surface area (Å²) in [5.74, 6) is 0. The summed E-state index contributed by atoms with van der Waals surface area (Å²) < 4.78 is 0. The Bertz CT molecular complexity index is 1910. The van der Waals surface area contributed by atoms with Gasteiger partial charge in [-0.1, -0.05) is 117 Å². The Balaban J connectivity index is 0.00000130. The van der Waals surface area contributed by atoms with Crippen molar-refractivity contribution in [3.05, 3.63) is 138 Å². The first-order valence-corrected chi connectivity index (χ1v) is 15.7. The van der Waals surface area contributed by atoms with Gasteiger partial charge in [0.2, 0.25) is 0 Å². The maximum absolute atomic E-state index is 3.61. The molecule has 1 unspecified atom stereocenters. The van der Waals surface area contributed by atoms with Crippen LogP contribution in [0.25, 0.3) is 54.9 Å². The quantitative estimate of drug-likeness (QED) is 0.157. The van der Waals surface area contributed by atoms with Crippen LogP contribution in [-0.2, 0) is 0 Å². The van der Waals surface area contributed by atoms with Crippen LogP contribution in [-0.4, -0.2) is 0 Å². The normalized spacial score (nSPS) is 13.6. The lowest BCUT2D eigenvalue weighted by Gasteiger charge is -2.20. The van der Waals surface area contributed by atoms with Crippen molar-refractivity contribution in [2.24, 2.45) is 0 Å². The lowest BCUT2D eigenvalue weighted by atomic mass is 9.94. The molecule has 1 heteroatoms. The largest absolute Gasteiger partial charge is 0.121 e. The fraction of sp³-hybridized carbons (Fsp3) is 0.103. The molecule has 0 fully saturated rings. The van der Waals surface area contributed by atoms with Crippen molar-refractivity contribution in [2.45, 2.75) is 26.7 Å². The van der Waals surface area contributed by atoms with Crippen LogP contribution in [0.1, 0.15) is 26.7 Å². The molecule has 8 rings (SSSR count). The highest BCUT2D eigenvalue weighted by Gasteiger charge is 2.24. The Kier molecular flexibility index (Phi) is 6.45. The third-order valence-electron chi connectivity index (χ3n) is 8.00. The average Bonchev–Trinajstić information content (AvgIpc) is 3.66. The summed E-state index contributed by atoms with van der Waals surface area (Å²) in [5, 5.41) is 9.57. The lowest BCUT2D eigenvalue weighted by Crippen LogP contribution is -2.12. The number of hydrogen-bond donors (Lipinski definition) is 0.